The first-order valence-electron chi connectivity index (χ1n) is 7.97. The van der Waals surface area contributed by atoms with E-state index in [1.807, 2.05) is 0 Å². The third-order valence-electron chi connectivity index (χ3n) is 5.37. The number of nitrogens with zero attached hydrogens (tertiary/aromatic N) is 2. The first-order valence-corrected chi connectivity index (χ1v) is 7.97. The highest BCUT2D eigenvalue weighted by atomic mass is 16.5. The number of hydrogen-bond donors (Lipinski definition) is 2. The number of nitrogens with one attached hydrogen (secondary N) is 1. The number of aliphatic hydroxyl groups excluding tert-OH is 1. The Bertz CT molecular complexity index is 366. The molecule has 2 fully saturated rings. The second-order valence-electron chi connectivity index (χ2n) is 6.58. The van der Waals surface area contributed by atoms with Gasteiger partial charge in [0.25, 0.3) is 0 Å². The number of hydrogen-bond acceptors (Lipinski definition) is 5. The van der Waals surface area contributed by atoms with E-state index in [2.05, 4.69) is 22.3 Å². The lowest BCUT2D eigenvalue weighted by Crippen LogP contribution is -2.46. The van der Waals surface area contributed by atoms with Crippen LogP contribution in [0.1, 0.15) is 32.1 Å². The monoisotopic (exact) mass is 281 g/mol. The van der Waals surface area contributed by atoms with E-state index >= 15 is 0 Å². The van der Waals surface area contributed by atoms with Gasteiger partial charge in [-0.3, -0.25) is 4.99 Å². The Morgan fingerprint density at radius 3 is 2.95 bits per heavy atom. The van der Waals surface area contributed by atoms with Crippen molar-refractivity contribution in [1.82, 2.24) is 10.2 Å². The molecular formula is C15H27N3O2. The van der Waals surface area contributed by atoms with E-state index < -0.39 is 0 Å². The van der Waals surface area contributed by atoms with Gasteiger partial charge < -0.3 is 20.1 Å². The van der Waals surface area contributed by atoms with Crippen molar-refractivity contribution in [2.24, 2.45) is 16.3 Å². The number of rotatable bonds is 2. The normalized spacial score (nSPS) is 33.3. The molecule has 2 atom stereocenters. The molecular weight excluding hydrogens is 254 g/mol. The van der Waals surface area contributed by atoms with Crippen molar-refractivity contribution in [3.63, 3.8) is 0 Å². The molecule has 1 saturated heterocycles. The fourth-order valence-corrected chi connectivity index (χ4v) is 3.95. The van der Waals surface area contributed by atoms with Crippen molar-refractivity contribution >= 4 is 5.96 Å². The molecule has 3 aliphatic rings. The van der Waals surface area contributed by atoms with Crippen LogP contribution in [-0.4, -0.2) is 62.0 Å². The van der Waals surface area contributed by atoms with Crippen LogP contribution in [0.5, 0.6) is 0 Å². The first-order chi connectivity index (χ1) is 9.71. The molecule has 0 radical (unpaired) electrons. The Morgan fingerprint density at radius 1 is 1.40 bits per heavy atom. The highest BCUT2D eigenvalue weighted by Crippen LogP contribution is 2.48. The topological polar surface area (TPSA) is 57.1 Å². The van der Waals surface area contributed by atoms with Crippen LogP contribution in [0.25, 0.3) is 0 Å². The van der Waals surface area contributed by atoms with Crippen LogP contribution in [0.4, 0.5) is 0 Å². The van der Waals surface area contributed by atoms with Crippen LogP contribution in [0.2, 0.25) is 0 Å². The van der Waals surface area contributed by atoms with Crippen LogP contribution in [0.3, 0.4) is 0 Å². The quantitative estimate of drug-likeness (QED) is 0.787. The lowest BCUT2D eigenvalue weighted by molar-refractivity contribution is -0.0553. The predicted molar refractivity (Wildman–Crippen MR) is 78.8 cm³/mol. The van der Waals surface area contributed by atoms with Crippen molar-refractivity contribution in [3.8, 4) is 0 Å². The molecule has 2 aliphatic heterocycles. The summed E-state index contributed by atoms with van der Waals surface area (Å²) in [4.78, 5) is 6.71. The van der Waals surface area contributed by atoms with Crippen LogP contribution in [0.15, 0.2) is 4.99 Å². The van der Waals surface area contributed by atoms with Crippen molar-refractivity contribution in [1.29, 1.82) is 0 Å². The van der Waals surface area contributed by atoms with Gasteiger partial charge in [0.05, 0.1) is 6.10 Å². The zero-order valence-electron chi connectivity index (χ0n) is 12.5. The highest BCUT2D eigenvalue weighted by molar-refractivity contribution is 5.80. The van der Waals surface area contributed by atoms with Crippen molar-refractivity contribution < 1.29 is 9.84 Å². The van der Waals surface area contributed by atoms with E-state index in [9.17, 15) is 5.11 Å². The molecule has 5 nitrogen and oxygen atoms in total. The second-order valence-corrected chi connectivity index (χ2v) is 6.58. The fourth-order valence-electron chi connectivity index (χ4n) is 3.95. The summed E-state index contributed by atoms with van der Waals surface area (Å²) >= 11 is 0. The number of guanidine groups is 1. The SMILES string of the molecule is CN1CCCN=C1NCC1CCC2(CCOCC2)C1O. The largest absolute Gasteiger partial charge is 0.392 e. The van der Waals surface area contributed by atoms with Gasteiger partial charge in [0, 0.05) is 51.2 Å². The van der Waals surface area contributed by atoms with E-state index in [1.54, 1.807) is 0 Å². The van der Waals surface area contributed by atoms with Crippen molar-refractivity contribution in [2.75, 3.05) is 39.9 Å². The summed E-state index contributed by atoms with van der Waals surface area (Å²) in [6.45, 7) is 4.45. The van der Waals surface area contributed by atoms with Crippen LogP contribution < -0.4 is 5.32 Å². The lowest BCUT2D eigenvalue weighted by atomic mass is 9.76. The summed E-state index contributed by atoms with van der Waals surface area (Å²) in [5.74, 6) is 1.35. The Hall–Kier alpha value is -0.810. The zero-order valence-corrected chi connectivity index (χ0v) is 12.5. The minimum atomic E-state index is -0.187. The third-order valence-corrected chi connectivity index (χ3v) is 5.37. The predicted octanol–water partition coefficient (Wildman–Crippen LogP) is 0.835. The molecule has 2 heterocycles. The van der Waals surface area contributed by atoms with Gasteiger partial charge in [0.1, 0.15) is 0 Å². The van der Waals surface area contributed by atoms with Gasteiger partial charge in [-0.05, 0) is 32.1 Å². The summed E-state index contributed by atoms with van der Waals surface area (Å²) < 4.78 is 5.46. The smallest absolute Gasteiger partial charge is 0.193 e. The summed E-state index contributed by atoms with van der Waals surface area (Å²) in [6.07, 6.45) is 5.25. The molecule has 0 aromatic heterocycles. The van der Waals surface area contributed by atoms with E-state index in [4.69, 9.17) is 4.74 Å². The van der Waals surface area contributed by atoms with Crippen LogP contribution in [0, 0.1) is 11.3 Å². The standard InChI is InChI=1S/C15H27N3O2/c1-18-8-2-7-16-14(18)17-11-12-3-4-15(13(12)19)5-9-20-10-6-15/h12-13,19H,2-11H2,1H3,(H,16,17). The van der Waals surface area contributed by atoms with Crippen molar-refractivity contribution in [2.45, 2.75) is 38.2 Å². The molecule has 0 bridgehead atoms. The molecule has 1 saturated carbocycles. The molecule has 0 amide bonds. The molecule has 20 heavy (non-hydrogen) atoms. The second kappa shape index (κ2) is 5.90. The Labute approximate surface area is 121 Å². The number of aliphatic hydroxyl groups is 1. The molecule has 114 valence electrons. The summed E-state index contributed by atoms with van der Waals surface area (Å²) in [5, 5.41) is 14.2. The summed E-state index contributed by atoms with van der Waals surface area (Å²) in [7, 11) is 2.08. The maximum atomic E-state index is 10.7. The average Bonchev–Trinajstić information content (AvgIpc) is 2.76. The van der Waals surface area contributed by atoms with Gasteiger partial charge >= 0.3 is 0 Å². The molecule has 1 spiro atoms. The van der Waals surface area contributed by atoms with E-state index in [-0.39, 0.29) is 11.5 Å². The highest BCUT2D eigenvalue weighted by Gasteiger charge is 2.48. The number of ether oxygens (including phenoxy) is 1. The van der Waals surface area contributed by atoms with E-state index in [0.717, 1.165) is 70.9 Å². The Kier molecular flexibility index (Phi) is 4.17. The molecule has 0 aromatic rings. The maximum Gasteiger partial charge on any atom is 0.193 e. The lowest BCUT2D eigenvalue weighted by Gasteiger charge is -2.37. The third kappa shape index (κ3) is 2.66. The minimum absolute atomic E-state index is 0.130. The Balaban J connectivity index is 1.55. The van der Waals surface area contributed by atoms with Crippen molar-refractivity contribution in [3.05, 3.63) is 0 Å². The first kappa shape index (κ1) is 14.1. The molecule has 0 aromatic carbocycles. The van der Waals surface area contributed by atoms with E-state index in [1.165, 1.54) is 0 Å². The van der Waals surface area contributed by atoms with Gasteiger partial charge in [0.2, 0.25) is 0 Å². The number of aliphatic imine (C=N–C) groups is 1. The van der Waals surface area contributed by atoms with Gasteiger partial charge in [-0.25, -0.2) is 0 Å². The average molecular weight is 281 g/mol. The molecule has 3 rings (SSSR count). The molecule has 2 N–H and O–H groups in total. The Morgan fingerprint density at radius 2 is 2.20 bits per heavy atom. The van der Waals surface area contributed by atoms with Gasteiger partial charge in [-0.15, -0.1) is 0 Å². The van der Waals surface area contributed by atoms with Crippen LogP contribution in [-0.2, 0) is 4.74 Å². The van der Waals surface area contributed by atoms with Gasteiger partial charge in [0.15, 0.2) is 5.96 Å². The van der Waals surface area contributed by atoms with Gasteiger partial charge in [-0.2, -0.15) is 0 Å². The molecule has 1 aliphatic carbocycles. The summed E-state index contributed by atoms with van der Waals surface area (Å²) in [5.41, 5.74) is 0.130. The summed E-state index contributed by atoms with van der Waals surface area (Å²) in [6, 6.07) is 0. The van der Waals surface area contributed by atoms with Gasteiger partial charge in [-0.1, -0.05) is 0 Å². The fraction of sp³-hybridized carbons (Fsp3) is 0.933. The minimum Gasteiger partial charge on any atom is -0.392 e. The van der Waals surface area contributed by atoms with Crippen LogP contribution >= 0.6 is 0 Å². The van der Waals surface area contributed by atoms with E-state index in [0.29, 0.717) is 5.92 Å². The zero-order chi connectivity index (χ0) is 14.0. The molecule has 2 unspecified atom stereocenters. The molecule has 5 heteroatoms. The maximum absolute atomic E-state index is 10.7.